The summed E-state index contributed by atoms with van der Waals surface area (Å²) < 4.78 is 20.0. The lowest BCUT2D eigenvalue weighted by atomic mass is 10.1. The van der Waals surface area contributed by atoms with Gasteiger partial charge in [-0.1, -0.05) is 18.2 Å². The van der Waals surface area contributed by atoms with Crippen molar-refractivity contribution in [1.82, 2.24) is 15.6 Å². The molecule has 1 aromatic heterocycles. The van der Waals surface area contributed by atoms with Crippen LogP contribution in [-0.4, -0.2) is 49.3 Å². The summed E-state index contributed by atoms with van der Waals surface area (Å²) in [6.45, 7) is 4.89. The quantitative estimate of drug-likeness (QED) is 0.613. The Morgan fingerprint density at radius 2 is 2.21 bits per heavy atom. The molecule has 1 saturated heterocycles. The number of nitrogens with zero attached hydrogens (tertiary/aromatic N) is 3. The van der Waals surface area contributed by atoms with Gasteiger partial charge in [-0.25, -0.2) is 14.4 Å². The minimum atomic E-state index is -0.276. The predicted molar refractivity (Wildman–Crippen MR) is 108 cm³/mol. The van der Waals surface area contributed by atoms with Crippen molar-refractivity contribution in [1.29, 1.82) is 0 Å². The van der Waals surface area contributed by atoms with Crippen LogP contribution in [0.4, 0.5) is 10.2 Å². The molecule has 0 amide bonds. The zero-order chi connectivity index (χ0) is 19.3. The van der Waals surface area contributed by atoms with Crippen molar-refractivity contribution in [2.45, 2.75) is 31.9 Å². The third-order valence-corrected chi connectivity index (χ3v) is 5.08. The van der Waals surface area contributed by atoms with Gasteiger partial charge in [0.1, 0.15) is 11.9 Å². The van der Waals surface area contributed by atoms with Crippen LogP contribution in [0.3, 0.4) is 0 Å². The Morgan fingerprint density at radius 3 is 3.04 bits per heavy atom. The highest BCUT2D eigenvalue weighted by atomic mass is 19.1. The standard InChI is InChI=1S/C21H26FN5O/c1-2-23-21(25-13-17-12-15-6-3-4-8-19(15)28-17)26-16-9-11-27(14-16)20-18(22)7-5-10-24-20/h3-8,10,16-17H,2,9,11-14H2,1H3,(H2,23,25,26). The average molecular weight is 383 g/mol. The van der Waals surface area contributed by atoms with Crippen LogP contribution in [-0.2, 0) is 6.42 Å². The van der Waals surface area contributed by atoms with Crippen LogP contribution in [0.15, 0.2) is 47.6 Å². The largest absolute Gasteiger partial charge is 0.488 e. The van der Waals surface area contributed by atoms with E-state index in [1.54, 1.807) is 12.3 Å². The van der Waals surface area contributed by atoms with E-state index in [1.807, 2.05) is 30.0 Å². The fourth-order valence-corrected chi connectivity index (χ4v) is 3.74. The van der Waals surface area contributed by atoms with E-state index in [0.29, 0.717) is 18.9 Å². The summed E-state index contributed by atoms with van der Waals surface area (Å²) in [6, 6.07) is 11.4. The zero-order valence-corrected chi connectivity index (χ0v) is 16.1. The molecule has 1 fully saturated rings. The van der Waals surface area contributed by atoms with E-state index in [2.05, 4.69) is 21.7 Å². The zero-order valence-electron chi connectivity index (χ0n) is 16.1. The number of hydrogen-bond donors (Lipinski definition) is 2. The molecule has 148 valence electrons. The molecule has 7 heteroatoms. The molecule has 1 aromatic carbocycles. The molecule has 2 N–H and O–H groups in total. The van der Waals surface area contributed by atoms with Crippen molar-refractivity contribution in [2.75, 3.05) is 31.1 Å². The molecule has 2 aromatic rings. The van der Waals surface area contributed by atoms with E-state index < -0.39 is 0 Å². The first-order valence-electron chi connectivity index (χ1n) is 9.88. The molecule has 28 heavy (non-hydrogen) atoms. The maximum Gasteiger partial charge on any atom is 0.191 e. The van der Waals surface area contributed by atoms with Gasteiger partial charge in [-0.2, -0.15) is 0 Å². The Morgan fingerprint density at radius 1 is 1.32 bits per heavy atom. The van der Waals surface area contributed by atoms with Gasteiger partial charge in [0.25, 0.3) is 0 Å². The molecule has 2 aliphatic heterocycles. The number of pyridine rings is 1. The van der Waals surface area contributed by atoms with E-state index in [-0.39, 0.29) is 18.0 Å². The Labute approximate surface area is 164 Å². The molecule has 6 nitrogen and oxygen atoms in total. The third kappa shape index (κ3) is 4.18. The average Bonchev–Trinajstić information content (AvgIpc) is 3.33. The van der Waals surface area contributed by atoms with E-state index >= 15 is 0 Å². The van der Waals surface area contributed by atoms with Gasteiger partial charge in [0.2, 0.25) is 0 Å². The fraction of sp³-hybridized carbons (Fsp3) is 0.429. The first-order chi connectivity index (χ1) is 13.7. The van der Waals surface area contributed by atoms with Crippen LogP contribution in [0.25, 0.3) is 0 Å². The fourth-order valence-electron chi connectivity index (χ4n) is 3.74. The Hall–Kier alpha value is -2.83. The number of nitrogens with one attached hydrogen (secondary N) is 2. The number of para-hydroxylation sites is 1. The Balaban J connectivity index is 1.34. The molecule has 4 rings (SSSR count). The number of rotatable bonds is 5. The van der Waals surface area contributed by atoms with Crippen molar-refractivity contribution >= 4 is 11.8 Å². The molecule has 0 bridgehead atoms. The molecule has 2 unspecified atom stereocenters. The normalized spacial score (nSPS) is 21.4. The lowest BCUT2D eigenvalue weighted by Crippen LogP contribution is -2.45. The highest BCUT2D eigenvalue weighted by Gasteiger charge is 2.26. The highest BCUT2D eigenvalue weighted by Crippen LogP contribution is 2.28. The number of ether oxygens (including phenoxy) is 1. The van der Waals surface area contributed by atoms with Crippen molar-refractivity contribution < 1.29 is 9.13 Å². The Kier molecular flexibility index (Phi) is 5.60. The second kappa shape index (κ2) is 8.46. The van der Waals surface area contributed by atoms with E-state index in [0.717, 1.165) is 37.6 Å². The van der Waals surface area contributed by atoms with Crippen LogP contribution in [0.2, 0.25) is 0 Å². The molecular weight excluding hydrogens is 357 g/mol. The summed E-state index contributed by atoms with van der Waals surface area (Å²) in [7, 11) is 0. The molecule has 2 aliphatic rings. The maximum absolute atomic E-state index is 14.0. The van der Waals surface area contributed by atoms with Crippen LogP contribution >= 0.6 is 0 Å². The van der Waals surface area contributed by atoms with Gasteiger partial charge in [0.05, 0.1) is 6.54 Å². The Bertz CT molecular complexity index is 818. The van der Waals surface area contributed by atoms with Crippen molar-refractivity contribution in [3.63, 3.8) is 0 Å². The summed E-state index contributed by atoms with van der Waals surface area (Å²) in [5, 5.41) is 6.77. The molecule has 0 aliphatic carbocycles. The summed E-state index contributed by atoms with van der Waals surface area (Å²) >= 11 is 0. The van der Waals surface area contributed by atoms with Gasteiger partial charge in [0, 0.05) is 38.3 Å². The smallest absolute Gasteiger partial charge is 0.191 e. The number of fused-ring (bicyclic) bond motifs is 1. The number of benzene rings is 1. The molecular formula is C21H26FN5O. The van der Waals surface area contributed by atoms with Crippen LogP contribution in [0.5, 0.6) is 5.75 Å². The number of guanidine groups is 1. The van der Waals surface area contributed by atoms with Gasteiger partial charge in [0.15, 0.2) is 17.6 Å². The summed E-state index contributed by atoms with van der Waals surface area (Å²) in [6.07, 6.45) is 3.49. The topological polar surface area (TPSA) is 61.8 Å². The first-order valence-corrected chi connectivity index (χ1v) is 9.88. The number of aliphatic imine (C=N–C) groups is 1. The predicted octanol–water partition coefficient (Wildman–Crippen LogP) is 2.36. The van der Waals surface area contributed by atoms with Crippen molar-refractivity contribution in [3.8, 4) is 5.75 Å². The van der Waals surface area contributed by atoms with Gasteiger partial charge >= 0.3 is 0 Å². The summed E-state index contributed by atoms with van der Waals surface area (Å²) in [5.41, 5.74) is 1.24. The molecule has 0 saturated carbocycles. The minimum Gasteiger partial charge on any atom is -0.488 e. The van der Waals surface area contributed by atoms with Crippen molar-refractivity contribution in [3.05, 3.63) is 54.0 Å². The lowest BCUT2D eigenvalue weighted by Gasteiger charge is -2.20. The van der Waals surface area contributed by atoms with Gasteiger partial charge in [-0.05, 0) is 37.1 Å². The third-order valence-electron chi connectivity index (χ3n) is 5.08. The van der Waals surface area contributed by atoms with E-state index in [9.17, 15) is 4.39 Å². The van der Waals surface area contributed by atoms with Crippen LogP contribution < -0.4 is 20.3 Å². The van der Waals surface area contributed by atoms with Crippen molar-refractivity contribution in [2.24, 2.45) is 4.99 Å². The summed E-state index contributed by atoms with van der Waals surface area (Å²) in [4.78, 5) is 10.9. The second-order valence-corrected chi connectivity index (χ2v) is 7.16. The lowest BCUT2D eigenvalue weighted by molar-refractivity contribution is 0.241. The molecule has 3 heterocycles. The maximum atomic E-state index is 14.0. The van der Waals surface area contributed by atoms with Crippen LogP contribution in [0.1, 0.15) is 18.9 Å². The highest BCUT2D eigenvalue weighted by molar-refractivity contribution is 5.80. The number of hydrogen-bond acceptors (Lipinski definition) is 4. The first kappa shape index (κ1) is 18.5. The van der Waals surface area contributed by atoms with Gasteiger partial charge in [-0.3, -0.25) is 0 Å². The number of anilines is 1. The van der Waals surface area contributed by atoms with E-state index in [1.165, 1.54) is 11.6 Å². The molecule has 2 atom stereocenters. The SMILES string of the molecule is CCNC(=NCC1Cc2ccccc2O1)NC1CCN(c2ncccc2F)C1. The monoisotopic (exact) mass is 383 g/mol. The number of aromatic nitrogens is 1. The summed E-state index contributed by atoms with van der Waals surface area (Å²) in [5.74, 6) is 1.88. The molecule has 0 spiro atoms. The number of halogens is 1. The van der Waals surface area contributed by atoms with Gasteiger partial charge in [-0.15, -0.1) is 0 Å². The van der Waals surface area contributed by atoms with E-state index in [4.69, 9.17) is 9.73 Å². The second-order valence-electron chi connectivity index (χ2n) is 7.16. The molecule has 0 radical (unpaired) electrons. The van der Waals surface area contributed by atoms with Gasteiger partial charge < -0.3 is 20.3 Å². The van der Waals surface area contributed by atoms with Crippen LogP contribution in [0, 0.1) is 5.82 Å². The minimum absolute atomic E-state index is 0.0653.